The van der Waals surface area contributed by atoms with Gasteiger partial charge in [-0.1, -0.05) is 13.8 Å². The number of methoxy groups -OCH3 is 1. The van der Waals surface area contributed by atoms with E-state index < -0.39 is 128 Å². The van der Waals surface area contributed by atoms with Crippen molar-refractivity contribution in [3.63, 3.8) is 0 Å². The van der Waals surface area contributed by atoms with Gasteiger partial charge in [0.25, 0.3) is 0 Å². The number of carbonyl (C=O) groups is 2. The third-order valence-electron chi connectivity index (χ3n) is 16.7. The van der Waals surface area contributed by atoms with Gasteiger partial charge >= 0.3 is 11.9 Å². The van der Waals surface area contributed by atoms with Crippen molar-refractivity contribution in [2.45, 2.75) is 189 Å². The zero-order valence-corrected chi connectivity index (χ0v) is 36.7. The molecule has 7 fully saturated rings. The lowest BCUT2D eigenvalue weighted by atomic mass is 9.43. The van der Waals surface area contributed by atoms with Gasteiger partial charge in [-0.2, -0.15) is 0 Å². The van der Waals surface area contributed by atoms with Crippen LogP contribution in [-0.4, -0.2) is 184 Å². The fourth-order valence-corrected chi connectivity index (χ4v) is 13.3. The topological polar surface area (TPSA) is 279 Å². The van der Waals surface area contributed by atoms with Crippen LogP contribution in [0.25, 0.3) is 0 Å². The molecule has 4 aliphatic carbocycles. The highest BCUT2D eigenvalue weighted by atomic mass is 16.8. The smallest absolute Gasteiger partial charge is 0.331 e. The number of hydrogen-bond acceptors (Lipinski definition) is 19. The lowest BCUT2D eigenvalue weighted by molar-refractivity contribution is -0.355. The molecule has 4 heterocycles. The van der Waals surface area contributed by atoms with Crippen LogP contribution >= 0.6 is 0 Å². The predicted octanol–water partition coefficient (Wildman–Crippen LogP) is -0.671. The van der Waals surface area contributed by atoms with Gasteiger partial charge in [0.05, 0.1) is 37.1 Å². The van der Waals surface area contributed by atoms with E-state index in [9.17, 15) is 50.4 Å². The number of carbonyl (C=O) groups excluding carboxylic acids is 2. The number of ether oxygens (including phenoxy) is 9. The van der Waals surface area contributed by atoms with Gasteiger partial charge < -0.3 is 83.5 Å². The minimum Gasteiger partial charge on any atom is -0.462 e. The number of esters is 2. The van der Waals surface area contributed by atoms with E-state index >= 15 is 0 Å². The average Bonchev–Trinajstić information content (AvgIpc) is 3.76. The number of fused-ring (bicyclic) bond motifs is 5. The summed E-state index contributed by atoms with van der Waals surface area (Å²) in [5.74, 6) is -0.528. The van der Waals surface area contributed by atoms with Gasteiger partial charge in [-0.3, -0.25) is 4.79 Å². The molecule has 19 nitrogen and oxygen atoms in total. The van der Waals surface area contributed by atoms with Crippen LogP contribution in [0.2, 0.25) is 0 Å². The summed E-state index contributed by atoms with van der Waals surface area (Å²) in [6.07, 6.45) is -10.8. The van der Waals surface area contributed by atoms with Crippen molar-refractivity contribution in [2.75, 3.05) is 26.9 Å². The van der Waals surface area contributed by atoms with Crippen LogP contribution in [0.15, 0.2) is 11.6 Å². The highest BCUT2D eigenvalue weighted by molar-refractivity contribution is 5.85. The third kappa shape index (κ3) is 8.43. The van der Waals surface area contributed by atoms with Crippen molar-refractivity contribution in [3.8, 4) is 0 Å². The first-order chi connectivity index (χ1) is 29.8. The number of rotatable bonds is 11. The highest BCUT2D eigenvalue weighted by Gasteiger charge is 2.71. The summed E-state index contributed by atoms with van der Waals surface area (Å²) >= 11 is 0. The molecule has 0 spiro atoms. The molecule has 8 rings (SSSR count). The lowest BCUT2D eigenvalue weighted by Gasteiger charge is -2.63. The van der Waals surface area contributed by atoms with Crippen molar-refractivity contribution in [1.29, 1.82) is 0 Å². The first-order valence-corrected chi connectivity index (χ1v) is 22.7. The van der Waals surface area contributed by atoms with E-state index in [4.69, 9.17) is 42.6 Å². The van der Waals surface area contributed by atoms with Crippen molar-refractivity contribution in [1.82, 2.24) is 0 Å². The summed E-state index contributed by atoms with van der Waals surface area (Å²) < 4.78 is 53.1. The standard InChI is InChI=1S/C44H68O19/c1-19-39(63-41-38(53)36(51)34(49)29(62-41)18-57-40-37(52)35(50)33(48)28(16-45)61-40)26(55-5)14-31(58-19)60-23-8-10-42(3)22(13-23)6-7-25-24(42)9-11-43(4)32(21-12-30(47)56-17-21)27(59-20(2)46)15-44(25,43)54/h12,19,22-29,31-41,45,48-54H,6-11,13-18H2,1-5H3/t19-,22-,23+,24+,25-,26-,27+,28-,29-,31+,32+,33-,34-,35+,36+,37-,38-,39+,40-,41-,42+,43-,44+/m1/s1. The average molecular weight is 901 g/mol. The molecule has 63 heavy (non-hydrogen) atoms. The quantitative estimate of drug-likeness (QED) is 0.0943. The van der Waals surface area contributed by atoms with Crippen LogP contribution in [0, 0.1) is 34.5 Å². The molecule has 19 heteroatoms. The number of aliphatic hydroxyl groups excluding tert-OH is 7. The molecule has 8 N–H and O–H groups in total. The maximum Gasteiger partial charge on any atom is 0.331 e. The molecule has 0 aromatic carbocycles. The minimum atomic E-state index is -1.72. The van der Waals surface area contributed by atoms with Gasteiger partial charge in [0.1, 0.15) is 67.6 Å². The van der Waals surface area contributed by atoms with Crippen LogP contribution in [0.4, 0.5) is 0 Å². The van der Waals surface area contributed by atoms with E-state index in [1.165, 1.54) is 20.1 Å². The first-order valence-electron chi connectivity index (χ1n) is 22.7. The van der Waals surface area contributed by atoms with Crippen molar-refractivity contribution in [3.05, 3.63) is 11.6 Å². The minimum absolute atomic E-state index is 0.000125. The van der Waals surface area contributed by atoms with E-state index in [1.54, 1.807) is 6.92 Å². The molecule has 0 unspecified atom stereocenters. The molecule has 3 saturated heterocycles. The molecule has 0 radical (unpaired) electrons. The van der Waals surface area contributed by atoms with Crippen LogP contribution < -0.4 is 0 Å². The molecule has 0 amide bonds. The third-order valence-corrected chi connectivity index (χ3v) is 16.7. The molecular weight excluding hydrogens is 832 g/mol. The second-order valence-electron chi connectivity index (χ2n) is 20.0. The van der Waals surface area contributed by atoms with E-state index in [0.717, 1.165) is 50.5 Å². The zero-order chi connectivity index (χ0) is 45.3. The van der Waals surface area contributed by atoms with E-state index in [-0.39, 0.29) is 42.3 Å². The Bertz CT molecular complexity index is 1680. The predicted molar refractivity (Wildman–Crippen MR) is 213 cm³/mol. The summed E-state index contributed by atoms with van der Waals surface area (Å²) in [4.78, 5) is 24.5. The molecule has 23 atom stereocenters. The Balaban J connectivity index is 0.874. The maximum absolute atomic E-state index is 12.9. The molecular formula is C44H68O19. The SMILES string of the molecule is CO[C@@H]1C[C@H](O[C@H]2CC[C@@]3(C)[C@H](CC[C@@H]4[C@@H]3CC[C@]3(C)[C@@H](C5=CC(=O)OC5)[C@@H](OC(C)=O)C[C@]43O)C2)O[C@H](C)[C@@H]1O[C@H]1O[C@H](CO[C@@H]2O[C@H](CO)[C@@H](O)[C@H](O)[C@H]2O)[C@@H](O)[C@H](O)[C@H]1O. The van der Waals surface area contributed by atoms with E-state index in [1.807, 2.05) is 0 Å². The largest absolute Gasteiger partial charge is 0.462 e. The molecule has 4 saturated carbocycles. The summed E-state index contributed by atoms with van der Waals surface area (Å²) in [5, 5.41) is 85.4. The summed E-state index contributed by atoms with van der Waals surface area (Å²) in [6.45, 7) is 6.62. The van der Waals surface area contributed by atoms with Crippen LogP contribution in [0.1, 0.15) is 85.5 Å². The van der Waals surface area contributed by atoms with Crippen LogP contribution in [-0.2, 0) is 52.2 Å². The molecule has 4 aliphatic heterocycles. The number of hydrogen-bond donors (Lipinski definition) is 8. The molecule has 0 aromatic heterocycles. The Morgan fingerprint density at radius 3 is 2.19 bits per heavy atom. The van der Waals surface area contributed by atoms with Crippen LogP contribution in [0.3, 0.4) is 0 Å². The van der Waals surface area contributed by atoms with Gasteiger partial charge in [-0.15, -0.1) is 0 Å². The maximum atomic E-state index is 12.9. The highest BCUT2D eigenvalue weighted by Crippen LogP contribution is 2.70. The van der Waals surface area contributed by atoms with Gasteiger partial charge in [0, 0.05) is 44.3 Å². The number of cyclic esters (lactones) is 1. The molecule has 358 valence electrons. The van der Waals surface area contributed by atoms with Crippen molar-refractivity contribution in [2.24, 2.45) is 34.5 Å². The normalized spacial score (nSPS) is 52.3. The number of aliphatic hydroxyl groups is 8. The fourth-order valence-electron chi connectivity index (χ4n) is 13.3. The summed E-state index contributed by atoms with van der Waals surface area (Å²) in [7, 11) is 1.52. The summed E-state index contributed by atoms with van der Waals surface area (Å²) in [6, 6.07) is 0. The van der Waals surface area contributed by atoms with E-state index in [0.29, 0.717) is 12.3 Å². The molecule has 0 bridgehead atoms. The Labute approximate surface area is 366 Å². The summed E-state index contributed by atoms with van der Waals surface area (Å²) in [5.41, 5.74) is -0.944. The second-order valence-corrected chi connectivity index (χ2v) is 20.0. The fraction of sp³-hybridized carbons (Fsp3) is 0.909. The molecule has 0 aromatic rings. The Hall–Kier alpha value is -1.92. The van der Waals surface area contributed by atoms with Gasteiger partial charge in [0.2, 0.25) is 0 Å². The second kappa shape index (κ2) is 18.3. The lowest BCUT2D eigenvalue weighted by Crippen LogP contribution is -2.63. The first kappa shape index (κ1) is 47.6. The molecule has 8 aliphatic rings. The van der Waals surface area contributed by atoms with Crippen molar-refractivity contribution >= 4 is 11.9 Å². The van der Waals surface area contributed by atoms with Gasteiger partial charge in [-0.25, -0.2) is 4.79 Å². The Morgan fingerprint density at radius 1 is 0.825 bits per heavy atom. The van der Waals surface area contributed by atoms with Gasteiger partial charge in [0.15, 0.2) is 18.9 Å². The zero-order valence-electron chi connectivity index (χ0n) is 36.7. The monoisotopic (exact) mass is 900 g/mol. The van der Waals surface area contributed by atoms with Crippen LogP contribution in [0.5, 0.6) is 0 Å². The Kier molecular flexibility index (Phi) is 13.8. The van der Waals surface area contributed by atoms with Crippen molar-refractivity contribution < 1.29 is 93.1 Å². The Morgan fingerprint density at radius 2 is 1.52 bits per heavy atom. The van der Waals surface area contributed by atoms with E-state index in [2.05, 4.69) is 13.8 Å². The van der Waals surface area contributed by atoms with Gasteiger partial charge in [-0.05, 0) is 80.6 Å².